The molecule has 5 aromatic rings. The predicted octanol–water partition coefficient (Wildman–Crippen LogP) is 3.62. The van der Waals surface area contributed by atoms with Gasteiger partial charge in [-0.1, -0.05) is 30.4 Å². The molecule has 2 aromatic carbocycles. The van der Waals surface area contributed by atoms with Gasteiger partial charge in [-0.3, -0.25) is 19.3 Å². The molecular formula is C31H30N8O5. The van der Waals surface area contributed by atoms with Gasteiger partial charge in [-0.25, -0.2) is 4.63 Å². The summed E-state index contributed by atoms with van der Waals surface area (Å²) >= 11 is 0. The zero-order valence-corrected chi connectivity index (χ0v) is 23.6. The number of hydrogen-bond acceptors (Lipinski definition) is 8. The van der Waals surface area contributed by atoms with E-state index in [1.165, 1.54) is 12.3 Å². The van der Waals surface area contributed by atoms with E-state index in [0.29, 0.717) is 53.4 Å². The van der Waals surface area contributed by atoms with Crippen molar-refractivity contribution in [2.24, 2.45) is 0 Å². The number of benzene rings is 2. The minimum Gasteiger partial charge on any atom is -0.379 e. The van der Waals surface area contributed by atoms with Crippen LogP contribution < -0.4 is 16.0 Å². The summed E-state index contributed by atoms with van der Waals surface area (Å²) in [5, 5.41) is 16.1. The standard InChI is InChI=1S/C31H30N8O5/c40-29(22-6-3-20(4-7-22)1-2-21-5-8-25-26(15-21)38-44-37-25)35-23-17-28(34-18-23)31(42)36-24-16-27(33-19-24)30(41)32-9-10-39-11-13-43-14-12-39/h1-8,15-19,33-34H,9-14H2,(H,32,41)(H,35,40)(H,36,42)/b2-1+. The van der Waals surface area contributed by atoms with E-state index < -0.39 is 5.91 Å². The molecule has 0 unspecified atom stereocenters. The van der Waals surface area contributed by atoms with E-state index in [0.717, 1.165) is 30.8 Å². The summed E-state index contributed by atoms with van der Waals surface area (Å²) in [7, 11) is 0. The number of morpholine rings is 1. The van der Waals surface area contributed by atoms with E-state index in [-0.39, 0.29) is 17.5 Å². The molecule has 3 amide bonds. The number of nitrogens with zero attached hydrogens (tertiary/aromatic N) is 3. The van der Waals surface area contributed by atoms with Gasteiger partial charge in [0.2, 0.25) is 0 Å². The van der Waals surface area contributed by atoms with Gasteiger partial charge in [0.25, 0.3) is 17.7 Å². The molecule has 224 valence electrons. The van der Waals surface area contributed by atoms with Crippen molar-refractivity contribution in [3.8, 4) is 0 Å². The van der Waals surface area contributed by atoms with Crippen LogP contribution in [0, 0.1) is 0 Å². The van der Waals surface area contributed by atoms with Gasteiger partial charge in [0.1, 0.15) is 22.4 Å². The molecule has 0 atom stereocenters. The van der Waals surface area contributed by atoms with Crippen molar-refractivity contribution in [1.29, 1.82) is 0 Å². The molecule has 0 bridgehead atoms. The van der Waals surface area contributed by atoms with Crippen LogP contribution in [0.25, 0.3) is 23.2 Å². The van der Waals surface area contributed by atoms with Crippen LogP contribution >= 0.6 is 0 Å². The number of H-pyrrole nitrogens is 2. The van der Waals surface area contributed by atoms with Crippen LogP contribution in [0.15, 0.2) is 71.6 Å². The third-order valence-electron chi connectivity index (χ3n) is 7.11. The lowest BCUT2D eigenvalue weighted by molar-refractivity contribution is 0.0383. The highest BCUT2D eigenvalue weighted by molar-refractivity contribution is 6.07. The Labute approximate surface area is 251 Å². The summed E-state index contributed by atoms with van der Waals surface area (Å²) in [5.41, 5.74) is 5.17. The molecule has 3 aromatic heterocycles. The Balaban J connectivity index is 0.978. The van der Waals surface area contributed by atoms with Crippen LogP contribution in [0.3, 0.4) is 0 Å². The van der Waals surface area contributed by atoms with Gasteiger partial charge in [-0.05, 0) is 57.8 Å². The number of anilines is 2. The molecule has 13 nitrogen and oxygen atoms in total. The number of hydrogen-bond donors (Lipinski definition) is 5. The number of carbonyl (C=O) groups excluding carboxylic acids is 3. The van der Waals surface area contributed by atoms with Crippen LogP contribution in [0.5, 0.6) is 0 Å². The largest absolute Gasteiger partial charge is 0.379 e. The van der Waals surface area contributed by atoms with Crippen LogP contribution in [0.2, 0.25) is 0 Å². The van der Waals surface area contributed by atoms with Crippen molar-refractivity contribution in [1.82, 2.24) is 30.5 Å². The fourth-order valence-corrected chi connectivity index (χ4v) is 4.69. The summed E-state index contributed by atoms with van der Waals surface area (Å²) in [6.45, 7) is 4.38. The molecule has 0 radical (unpaired) electrons. The number of nitrogens with one attached hydrogen (secondary N) is 5. The number of aromatic amines is 2. The lowest BCUT2D eigenvalue weighted by atomic mass is 10.1. The second kappa shape index (κ2) is 13.2. The number of amides is 3. The predicted molar refractivity (Wildman–Crippen MR) is 164 cm³/mol. The van der Waals surface area contributed by atoms with Crippen molar-refractivity contribution < 1.29 is 23.7 Å². The average molecular weight is 595 g/mol. The molecule has 0 spiro atoms. The van der Waals surface area contributed by atoms with Crippen LogP contribution in [-0.2, 0) is 4.74 Å². The van der Waals surface area contributed by atoms with Crippen molar-refractivity contribution in [2.45, 2.75) is 0 Å². The van der Waals surface area contributed by atoms with Gasteiger partial charge in [0, 0.05) is 44.1 Å². The van der Waals surface area contributed by atoms with E-state index in [1.807, 2.05) is 42.5 Å². The number of aromatic nitrogens is 4. The maximum absolute atomic E-state index is 12.8. The maximum Gasteiger partial charge on any atom is 0.272 e. The first-order valence-corrected chi connectivity index (χ1v) is 14.1. The Bertz CT molecular complexity index is 1800. The van der Waals surface area contributed by atoms with Crippen LogP contribution in [-0.4, -0.2) is 82.3 Å². The maximum atomic E-state index is 12.8. The zero-order valence-electron chi connectivity index (χ0n) is 23.6. The fourth-order valence-electron chi connectivity index (χ4n) is 4.69. The third kappa shape index (κ3) is 7.09. The Hall–Kier alpha value is -5.53. The molecule has 6 rings (SSSR count). The highest BCUT2D eigenvalue weighted by atomic mass is 16.6. The normalized spacial score (nSPS) is 13.7. The Kier molecular flexibility index (Phi) is 8.57. The second-order valence-corrected chi connectivity index (χ2v) is 10.2. The zero-order chi connectivity index (χ0) is 30.3. The summed E-state index contributed by atoms with van der Waals surface area (Å²) in [6, 6.07) is 15.9. The van der Waals surface area contributed by atoms with Crippen molar-refractivity contribution in [3.63, 3.8) is 0 Å². The quantitative estimate of drug-likeness (QED) is 0.153. The molecule has 1 aliphatic heterocycles. The van der Waals surface area contributed by atoms with Crippen LogP contribution in [0.4, 0.5) is 11.4 Å². The number of fused-ring (bicyclic) bond motifs is 1. The minimum absolute atomic E-state index is 0.248. The van der Waals surface area contributed by atoms with Gasteiger partial charge >= 0.3 is 0 Å². The average Bonchev–Trinajstić information content (AvgIpc) is 3.82. The Morgan fingerprint density at radius 3 is 2.16 bits per heavy atom. The lowest BCUT2D eigenvalue weighted by Crippen LogP contribution is -2.41. The number of carbonyl (C=O) groups is 3. The summed E-state index contributed by atoms with van der Waals surface area (Å²) < 4.78 is 10.1. The molecule has 1 saturated heterocycles. The van der Waals surface area contributed by atoms with E-state index in [4.69, 9.17) is 9.37 Å². The smallest absolute Gasteiger partial charge is 0.272 e. The number of ether oxygens (including phenoxy) is 1. The molecule has 1 fully saturated rings. The van der Waals surface area contributed by atoms with Crippen molar-refractivity contribution in [3.05, 3.63) is 95.1 Å². The van der Waals surface area contributed by atoms with Gasteiger partial charge in [0.05, 0.1) is 24.6 Å². The molecule has 1 aliphatic rings. The first-order chi connectivity index (χ1) is 21.5. The first-order valence-electron chi connectivity index (χ1n) is 14.1. The van der Waals surface area contributed by atoms with E-state index in [9.17, 15) is 14.4 Å². The van der Waals surface area contributed by atoms with Gasteiger partial charge < -0.3 is 30.7 Å². The first kappa shape index (κ1) is 28.6. The number of rotatable bonds is 10. The lowest BCUT2D eigenvalue weighted by Gasteiger charge is -2.26. The Morgan fingerprint density at radius 2 is 1.41 bits per heavy atom. The summed E-state index contributed by atoms with van der Waals surface area (Å²) in [4.78, 5) is 46.0. The topological polar surface area (TPSA) is 170 Å². The third-order valence-corrected chi connectivity index (χ3v) is 7.11. The second-order valence-electron chi connectivity index (χ2n) is 10.2. The van der Waals surface area contributed by atoms with Gasteiger partial charge in [-0.2, -0.15) is 0 Å². The molecule has 0 saturated carbocycles. The molecule has 13 heteroatoms. The van der Waals surface area contributed by atoms with E-state index >= 15 is 0 Å². The highest BCUT2D eigenvalue weighted by Crippen LogP contribution is 2.17. The van der Waals surface area contributed by atoms with Crippen molar-refractivity contribution >= 4 is 52.3 Å². The van der Waals surface area contributed by atoms with Crippen LogP contribution in [0.1, 0.15) is 42.5 Å². The van der Waals surface area contributed by atoms with Gasteiger partial charge in [0.15, 0.2) is 0 Å². The molecule has 0 aliphatic carbocycles. The summed E-state index contributed by atoms with van der Waals surface area (Å²) in [5.74, 6) is -0.987. The molecular weight excluding hydrogens is 564 g/mol. The Morgan fingerprint density at radius 1 is 0.773 bits per heavy atom. The molecule has 44 heavy (non-hydrogen) atoms. The summed E-state index contributed by atoms with van der Waals surface area (Å²) in [6.07, 6.45) is 6.95. The van der Waals surface area contributed by atoms with E-state index in [2.05, 4.69) is 41.1 Å². The SMILES string of the molecule is O=C(Nc1c[nH]c(C(=O)Nc2c[nH]c(C(=O)NCCN3CCOCC3)c2)c1)c1ccc(/C=C/c2ccc3nonc3c2)cc1. The van der Waals surface area contributed by atoms with E-state index in [1.54, 1.807) is 24.4 Å². The highest BCUT2D eigenvalue weighted by Gasteiger charge is 2.15. The minimum atomic E-state index is -0.418. The molecule has 4 heterocycles. The molecule has 5 N–H and O–H groups in total. The van der Waals surface area contributed by atoms with Gasteiger partial charge in [-0.15, -0.1) is 0 Å². The fraction of sp³-hybridized carbons (Fsp3) is 0.194. The monoisotopic (exact) mass is 594 g/mol. The van der Waals surface area contributed by atoms with Crippen molar-refractivity contribution in [2.75, 3.05) is 50.0 Å².